The minimum absolute atomic E-state index is 0.0920. The molecular weight excluding hydrogens is 250 g/mol. The highest BCUT2D eigenvalue weighted by molar-refractivity contribution is 4.97. The van der Waals surface area contributed by atoms with Crippen LogP contribution in [0, 0.1) is 17.8 Å². The second-order valence-electron chi connectivity index (χ2n) is 7.43. The molecule has 0 aromatic heterocycles. The third kappa shape index (κ3) is 3.37. The summed E-state index contributed by atoms with van der Waals surface area (Å²) in [4.78, 5) is 2.46. The predicted molar refractivity (Wildman–Crippen MR) is 82.8 cm³/mol. The van der Waals surface area contributed by atoms with Crippen molar-refractivity contribution in [1.82, 2.24) is 4.90 Å². The van der Waals surface area contributed by atoms with E-state index in [1.165, 1.54) is 19.3 Å². The van der Waals surface area contributed by atoms with Crippen molar-refractivity contribution in [3.63, 3.8) is 0 Å². The SMILES string of the molecule is CCC(C)(C(O)C1CC(C)CC(C)C1)N1CCOCC1. The second-order valence-corrected chi connectivity index (χ2v) is 7.43. The van der Waals surface area contributed by atoms with Crippen molar-refractivity contribution in [2.24, 2.45) is 17.8 Å². The average Bonchev–Trinajstić information content (AvgIpc) is 2.45. The van der Waals surface area contributed by atoms with Gasteiger partial charge in [-0.05, 0) is 50.4 Å². The molecule has 0 aromatic rings. The summed E-state index contributed by atoms with van der Waals surface area (Å²) in [6.45, 7) is 12.7. The number of ether oxygens (including phenoxy) is 1. The number of aliphatic hydroxyl groups excluding tert-OH is 1. The van der Waals surface area contributed by atoms with E-state index in [0.717, 1.165) is 44.6 Å². The highest BCUT2D eigenvalue weighted by Crippen LogP contribution is 2.40. The fourth-order valence-corrected chi connectivity index (χ4v) is 4.47. The molecule has 1 aliphatic carbocycles. The zero-order valence-corrected chi connectivity index (χ0v) is 13.8. The van der Waals surface area contributed by atoms with Crippen LogP contribution in [0.4, 0.5) is 0 Å². The third-order valence-electron chi connectivity index (χ3n) is 5.75. The summed E-state index contributed by atoms with van der Waals surface area (Å²) in [6, 6.07) is 0. The number of rotatable bonds is 4. The first-order valence-corrected chi connectivity index (χ1v) is 8.48. The first-order valence-electron chi connectivity index (χ1n) is 8.48. The van der Waals surface area contributed by atoms with Gasteiger partial charge in [0.1, 0.15) is 0 Å². The van der Waals surface area contributed by atoms with Gasteiger partial charge in [0.2, 0.25) is 0 Å². The van der Waals surface area contributed by atoms with Gasteiger partial charge in [0.05, 0.1) is 19.3 Å². The van der Waals surface area contributed by atoms with Crippen molar-refractivity contribution in [1.29, 1.82) is 0 Å². The summed E-state index contributed by atoms with van der Waals surface area (Å²) in [5.41, 5.74) is -0.0920. The van der Waals surface area contributed by atoms with E-state index in [-0.39, 0.29) is 11.6 Å². The van der Waals surface area contributed by atoms with Crippen molar-refractivity contribution in [3.05, 3.63) is 0 Å². The number of nitrogens with zero attached hydrogens (tertiary/aromatic N) is 1. The molecule has 0 radical (unpaired) electrons. The Morgan fingerprint density at radius 3 is 2.20 bits per heavy atom. The van der Waals surface area contributed by atoms with E-state index in [9.17, 15) is 5.11 Å². The number of aliphatic hydroxyl groups is 1. The van der Waals surface area contributed by atoms with E-state index < -0.39 is 0 Å². The van der Waals surface area contributed by atoms with Gasteiger partial charge in [-0.15, -0.1) is 0 Å². The highest BCUT2D eigenvalue weighted by Gasteiger charge is 2.43. The van der Waals surface area contributed by atoms with E-state index >= 15 is 0 Å². The van der Waals surface area contributed by atoms with Gasteiger partial charge in [-0.3, -0.25) is 4.90 Å². The molecular formula is C17H33NO2. The Hall–Kier alpha value is -0.120. The fraction of sp³-hybridized carbons (Fsp3) is 1.00. The normalized spacial score (nSPS) is 37.4. The van der Waals surface area contributed by atoms with E-state index in [4.69, 9.17) is 4.74 Å². The van der Waals surface area contributed by atoms with E-state index in [0.29, 0.717) is 5.92 Å². The molecule has 0 spiro atoms. The highest BCUT2D eigenvalue weighted by atomic mass is 16.5. The molecule has 2 fully saturated rings. The molecule has 118 valence electrons. The largest absolute Gasteiger partial charge is 0.391 e. The molecule has 3 nitrogen and oxygen atoms in total. The molecule has 20 heavy (non-hydrogen) atoms. The lowest BCUT2D eigenvalue weighted by molar-refractivity contribution is -0.100. The van der Waals surface area contributed by atoms with Crippen LogP contribution in [-0.2, 0) is 4.74 Å². The molecule has 0 amide bonds. The van der Waals surface area contributed by atoms with Crippen molar-refractivity contribution < 1.29 is 9.84 Å². The van der Waals surface area contributed by atoms with Crippen molar-refractivity contribution in [3.8, 4) is 0 Å². The zero-order valence-electron chi connectivity index (χ0n) is 13.8. The van der Waals surface area contributed by atoms with Gasteiger partial charge in [0.25, 0.3) is 0 Å². The van der Waals surface area contributed by atoms with Crippen molar-refractivity contribution >= 4 is 0 Å². The maximum atomic E-state index is 11.1. The Morgan fingerprint density at radius 1 is 1.15 bits per heavy atom. The standard InChI is InChI=1S/C17H33NO2/c1-5-17(4,18-6-8-20-9-7-18)16(19)15-11-13(2)10-14(3)12-15/h13-16,19H,5-12H2,1-4H3. The quantitative estimate of drug-likeness (QED) is 0.861. The lowest BCUT2D eigenvalue weighted by Crippen LogP contribution is -2.60. The molecule has 0 aromatic carbocycles. The molecule has 1 heterocycles. The van der Waals surface area contributed by atoms with Gasteiger partial charge in [-0.2, -0.15) is 0 Å². The molecule has 4 unspecified atom stereocenters. The molecule has 1 N–H and O–H groups in total. The Bertz CT molecular complexity index is 293. The van der Waals surface area contributed by atoms with Gasteiger partial charge in [0, 0.05) is 18.6 Å². The molecule has 0 bridgehead atoms. The molecule has 1 aliphatic heterocycles. The van der Waals surface area contributed by atoms with Crippen LogP contribution in [0.15, 0.2) is 0 Å². The van der Waals surface area contributed by atoms with Crippen LogP contribution < -0.4 is 0 Å². The van der Waals surface area contributed by atoms with Crippen molar-refractivity contribution in [2.45, 2.75) is 65.0 Å². The molecule has 2 rings (SSSR count). The van der Waals surface area contributed by atoms with Gasteiger partial charge >= 0.3 is 0 Å². The average molecular weight is 283 g/mol. The maximum Gasteiger partial charge on any atom is 0.0749 e. The Labute approximate surface area is 124 Å². The second kappa shape index (κ2) is 6.76. The molecule has 1 saturated carbocycles. The van der Waals surface area contributed by atoms with Crippen LogP contribution in [0.1, 0.15) is 53.4 Å². The summed E-state index contributed by atoms with van der Waals surface area (Å²) in [5.74, 6) is 1.97. The smallest absolute Gasteiger partial charge is 0.0749 e. The van der Waals surface area contributed by atoms with Gasteiger partial charge in [-0.1, -0.05) is 20.8 Å². The van der Waals surface area contributed by atoms with Gasteiger partial charge < -0.3 is 9.84 Å². The molecule has 3 heteroatoms. The summed E-state index contributed by atoms with van der Waals surface area (Å²) >= 11 is 0. The Kier molecular flexibility index (Phi) is 5.49. The zero-order chi connectivity index (χ0) is 14.8. The molecule has 4 atom stereocenters. The van der Waals surface area contributed by atoms with Crippen LogP contribution in [0.3, 0.4) is 0 Å². The van der Waals surface area contributed by atoms with Crippen LogP contribution in [0.25, 0.3) is 0 Å². The van der Waals surface area contributed by atoms with E-state index in [1.54, 1.807) is 0 Å². The monoisotopic (exact) mass is 283 g/mol. The van der Waals surface area contributed by atoms with E-state index in [1.807, 2.05) is 0 Å². The number of hydrogen-bond donors (Lipinski definition) is 1. The minimum Gasteiger partial charge on any atom is -0.391 e. The lowest BCUT2D eigenvalue weighted by atomic mass is 9.69. The predicted octanol–water partition coefficient (Wildman–Crippen LogP) is 2.92. The Morgan fingerprint density at radius 2 is 1.70 bits per heavy atom. The molecule has 2 aliphatic rings. The van der Waals surface area contributed by atoms with Crippen molar-refractivity contribution in [2.75, 3.05) is 26.3 Å². The Balaban J connectivity index is 2.08. The summed E-state index contributed by atoms with van der Waals surface area (Å²) in [5, 5.41) is 11.1. The van der Waals surface area contributed by atoms with Crippen LogP contribution in [0.2, 0.25) is 0 Å². The number of hydrogen-bond acceptors (Lipinski definition) is 3. The molecule has 1 saturated heterocycles. The van der Waals surface area contributed by atoms with Crippen LogP contribution in [-0.4, -0.2) is 48.0 Å². The summed E-state index contributed by atoms with van der Waals surface area (Å²) < 4.78 is 5.48. The topological polar surface area (TPSA) is 32.7 Å². The summed E-state index contributed by atoms with van der Waals surface area (Å²) in [6.07, 6.45) is 4.49. The first kappa shape index (κ1) is 16.3. The van der Waals surface area contributed by atoms with Crippen LogP contribution in [0.5, 0.6) is 0 Å². The van der Waals surface area contributed by atoms with Crippen LogP contribution >= 0.6 is 0 Å². The van der Waals surface area contributed by atoms with E-state index in [2.05, 4.69) is 32.6 Å². The first-order chi connectivity index (χ1) is 9.47. The number of morpholine rings is 1. The summed E-state index contributed by atoms with van der Waals surface area (Å²) in [7, 11) is 0. The fourth-order valence-electron chi connectivity index (χ4n) is 4.47. The maximum absolute atomic E-state index is 11.1. The van der Waals surface area contributed by atoms with Gasteiger partial charge in [-0.25, -0.2) is 0 Å². The van der Waals surface area contributed by atoms with Gasteiger partial charge in [0.15, 0.2) is 0 Å². The third-order valence-corrected chi connectivity index (χ3v) is 5.75. The minimum atomic E-state index is -0.212. The lowest BCUT2D eigenvalue weighted by Gasteiger charge is -2.49.